The molecule has 1 aromatic carbocycles. The molecule has 2 rings (SSSR count). The van der Waals surface area contributed by atoms with Crippen molar-refractivity contribution in [1.29, 1.82) is 5.26 Å². The first-order chi connectivity index (χ1) is 8.69. The number of benzene rings is 1. The van der Waals surface area contributed by atoms with Crippen molar-refractivity contribution in [2.24, 2.45) is 0 Å². The second-order valence-electron chi connectivity index (χ2n) is 3.48. The summed E-state index contributed by atoms with van der Waals surface area (Å²) in [6.07, 6.45) is 1.40. The van der Waals surface area contributed by atoms with E-state index in [0.717, 1.165) is 5.56 Å². The zero-order valence-electron chi connectivity index (χ0n) is 9.30. The van der Waals surface area contributed by atoms with E-state index in [1.54, 1.807) is 12.1 Å². The van der Waals surface area contributed by atoms with Crippen molar-refractivity contribution in [3.63, 3.8) is 0 Å². The summed E-state index contributed by atoms with van der Waals surface area (Å²) in [4.78, 5) is 8.03. The van der Waals surface area contributed by atoms with E-state index in [0.29, 0.717) is 10.9 Å². The van der Waals surface area contributed by atoms with Gasteiger partial charge >= 0.3 is 0 Å². The summed E-state index contributed by atoms with van der Waals surface area (Å²) in [6, 6.07) is 8.12. The van der Waals surface area contributed by atoms with E-state index in [9.17, 15) is 4.39 Å². The molecule has 0 aliphatic carbocycles. The molecule has 0 unspecified atom stereocenters. The number of nitriles is 1. The second-order valence-corrected chi connectivity index (χ2v) is 4.42. The minimum absolute atomic E-state index is 0.175. The summed E-state index contributed by atoms with van der Waals surface area (Å²) >= 11 is 1.38. The van der Waals surface area contributed by atoms with Crippen LogP contribution in [0.25, 0.3) is 0 Å². The van der Waals surface area contributed by atoms with Crippen LogP contribution in [0.3, 0.4) is 0 Å². The summed E-state index contributed by atoms with van der Waals surface area (Å²) in [6.45, 7) is 0. The van der Waals surface area contributed by atoms with Crippen molar-refractivity contribution < 1.29 is 4.39 Å². The van der Waals surface area contributed by atoms with Gasteiger partial charge in [0.1, 0.15) is 23.3 Å². The Morgan fingerprint density at radius 1 is 1.33 bits per heavy atom. The average molecular weight is 260 g/mol. The quantitative estimate of drug-likeness (QED) is 0.677. The SMILES string of the molecule is N#Cc1cnc(SCc2ccc(F)cc2)nc1N. The number of hydrogen-bond acceptors (Lipinski definition) is 5. The van der Waals surface area contributed by atoms with Crippen LogP contribution in [0.2, 0.25) is 0 Å². The van der Waals surface area contributed by atoms with Crippen molar-refractivity contribution in [1.82, 2.24) is 9.97 Å². The molecule has 0 fully saturated rings. The lowest BCUT2D eigenvalue weighted by Gasteiger charge is -2.02. The summed E-state index contributed by atoms with van der Waals surface area (Å²) in [7, 11) is 0. The van der Waals surface area contributed by atoms with Gasteiger partial charge in [0, 0.05) is 5.75 Å². The highest BCUT2D eigenvalue weighted by Gasteiger charge is 2.04. The van der Waals surface area contributed by atoms with Gasteiger partial charge in [-0.3, -0.25) is 0 Å². The lowest BCUT2D eigenvalue weighted by molar-refractivity contribution is 0.627. The number of rotatable bonds is 3. The van der Waals surface area contributed by atoms with Gasteiger partial charge in [0.05, 0.1) is 6.20 Å². The second kappa shape index (κ2) is 5.47. The van der Waals surface area contributed by atoms with E-state index in [1.807, 2.05) is 6.07 Å². The van der Waals surface area contributed by atoms with Crippen LogP contribution in [-0.4, -0.2) is 9.97 Å². The zero-order chi connectivity index (χ0) is 13.0. The minimum Gasteiger partial charge on any atom is -0.382 e. The van der Waals surface area contributed by atoms with Crippen LogP contribution in [0, 0.1) is 17.1 Å². The molecular weight excluding hydrogens is 251 g/mol. The molecule has 4 nitrogen and oxygen atoms in total. The van der Waals surface area contributed by atoms with E-state index in [-0.39, 0.29) is 17.2 Å². The maximum atomic E-state index is 12.7. The van der Waals surface area contributed by atoms with Gasteiger partial charge in [-0.2, -0.15) is 5.26 Å². The number of anilines is 1. The number of nitrogen functional groups attached to an aromatic ring is 1. The fourth-order valence-corrected chi connectivity index (χ4v) is 2.04. The van der Waals surface area contributed by atoms with Gasteiger partial charge in [-0.25, -0.2) is 14.4 Å². The predicted octanol–water partition coefficient (Wildman–Crippen LogP) is 2.36. The fraction of sp³-hybridized carbons (Fsp3) is 0.0833. The maximum absolute atomic E-state index is 12.7. The van der Waals surface area contributed by atoms with Crippen LogP contribution in [0.15, 0.2) is 35.6 Å². The molecular formula is C12H9FN4S. The van der Waals surface area contributed by atoms with Crippen LogP contribution >= 0.6 is 11.8 Å². The molecule has 1 aromatic heterocycles. The van der Waals surface area contributed by atoms with E-state index in [4.69, 9.17) is 11.0 Å². The third-order valence-electron chi connectivity index (χ3n) is 2.20. The van der Waals surface area contributed by atoms with Crippen LogP contribution in [0.4, 0.5) is 10.2 Å². The topological polar surface area (TPSA) is 75.6 Å². The van der Waals surface area contributed by atoms with Gasteiger partial charge in [-0.05, 0) is 17.7 Å². The normalized spacial score (nSPS) is 10.0. The van der Waals surface area contributed by atoms with Gasteiger partial charge in [-0.1, -0.05) is 23.9 Å². The number of nitrogens with two attached hydrogens (primary N) is 1. The first-order valence-corrected chi connectivity index (χ1v) is 6.07. The fourth-order valence-electron chi connectivity index (χ4n) is 1.26. The Labute approximate surface area is 108 Å². The van der Waals surface area contributed by atoms with Gasteiger partial charge in [0.2, 0.25) is 0 Å². The highest BCUT2D eigenvalue weighted by atomic mass is 32.2. The maximum Gasteiger partial charge on any atom is 0.189 e. The Balaban J connectivity index is 2.04. The third-order valence-corrected chi connectivity index (χ3v) is 3.13. The number of halogens is 1. The molecule has 0 atom stereocenters. The molecule has 90 valence electrons. The van der Waals surface area contributed by atoms with E-state index in [2.05, 4.69) is 9.97 Å². The monoisotopic (exact) mass is 260 g/mol. The number of thioether (sulfide) groups is 1. The summed E-state index contributed by atoms with van der Waals surface area (Å²) in [5, 5.41) is 9.19. The van der Waals surface area contributed by atoms with E-state index >= 15 is 0 Å². The van der Waals surface area contributed by atoms with Gasteiger partial charge < -0.3 is 5.73 Å². The minimum atomic E-state index is -0.261. The first-order valence-electron chi connectivity index (χ1n) is 5.09. The average Bonchev–Trinajstić information content (AvgIpc) is 2.38. The molecule has 0 radical (unpaired) electrons. The third kappa shape index (κ3) is 2.96. The number of nitrogens with zero attached hydrogens (tertiary/aromatic N) is 3. The Morgan fingerprint density at radius 3 is 2.67 bits per heavy atom. The summed E-state index contributed by atoms with van der Waals surface area (Å²) < 4.78 is 12.7. The molecule has 0 spiro atoms. The first kappa shape index (κ1) is 12.3. The van der Waals surface area contributed by atoms with Crippen molar-refractivity contribution in [3.05, 3.63) is 47.4 Å². The smallest absolute Gasteiger partial charge is 0.189 e. The Kier molecular flexibility index (Phi) is 3.75. The highest BCUT2D eigenvalue weighted by Crippen LogP contribution is 2.20. The molecule has 2 N–H and O–H groups in total. The van der Waals surface area contributed by atoms with Crippen molar-refractivity contribution in [2.45, 2.75) is 10.9 Å². The molecule has 0 bridgehead atoms. The molecule has 0 saturated heterocycles. The lowest BCUT2D eigenvalue weighted by atomic mass is 10.2. The van der Waals surface area contributed by atoms with Gasteiger partial charge in [-0.15, -0.1) is 0 Å². The number of hydrogen-bond donors (Lipinski definition) is 1. The Bertz CT molecular complexity index is 592. The highest BCUT2D eigenvalue weighted by molar-refractivity contribution is 7.98. The summed E-state index contributed by atoms with van der Waals surface area (Å²) in [5.41, 5.74) is 6.81. The molecule has 0 aliphatic rings. The van der Waals surface area contributed by atoms with Crippen molar-refractivity contribution >= 4 is 17.6 Å². The van der Waals surface area contributed by atoms with E-state index < -0.39 is 0 Å². The summed E-state index contributed by atoms with van der Waals surface area (Å²) in [5.74, 6) is 0.530. The molecule has 6 heteroatoms. The van der Waals surface area contributed by atoms with Crippen molar-refractivity contribution in [2.75, 3.05) is 5.73 Å². The zero-order valence-corrected chi connectivity index (χ0v) is 10.1. The lowest BCUT2D eigenvalue weighted by Crippen LogP contribution is -1.98. The van der Waals surface area contributed by atoms with Crippen molar-refractivity contribution in [3.8, 4) is 6.07 Å². The molecule has 0 amide bonds. The number of aromatic nitrogens is 2. The van der Waals surface area contributed by atoms with Crippen LogP contribution in [0.1, 0.15) is 11.1 Å². The molecule has 0 aliphatic heterocycles. The van der Waals surface area contributed by atoms with Gasteiger partial charge in [0.25, 0.3) is 0 Å². The molecule has 18 heavy (non-hydrogen) atoms. The van der Waals surface area contributed by atoms with Crippen LogP contribution in [-0.2, 0) is 5.75 Å². The predicted molar refractivity (Wildman–Crippen MR) is 67.1 cm³/mol. The van der Waals surface area contributed by atoms with E-state index in [1.165, 1.54) is 30.1 Å². The van der Waals surface area contributed by atoms with Crippen LogP contribution < -0.4 is 5.73 Å². The largest absolute Gasteiger partial charge is 0.382 e. The standard InChI is InChI=1S/C12H9FN4S/c13-10-3-1-8(2-4-10)7-18-12-16-6-9(5-14)11(15)17-12/h1-4,6H,7H2,(H2,15,16,17). The Hall–Kier alpha value is -2.13. The molecule has 1 heterocycles. The van der Waals surface area contributed by atoms with Gasteiger partial charge in [0.15, 0.2) is 5.16 Å². The Morgan fingerprint density at radius 2 is 2.06 bits per heavy atom. The molecule has 2 aromatic rings. The molecule has 0 saturated carbocycles. The van der Waals surface area contributed by atoms with Crippen LogP contribution in [0.5, 0.6) is 0 Å².